The Kier molecular flexibility index (Phi) is 36.5. The van der Waals surface area contributed by atoms with Crippen LogP contribution in [0.3, 0.4) is 0 Å². The van der Waals surface area contributed by atoms with Gasteiger partial charge in [-0.1, -0.05) is 197 Å². The summed E-state index contributed by atoms with van der Waals surface area (Å²) < 4.78 is 16.5. The summed E-state index contributed by atoms with van der Waals surface area (Å²) in [6, 6.07) is 10.9. The highest BCUT2D eigenvalue weighted by Gasteiger charge is 2.59. The third kappa shape index (κ3) is 23.9. The predicted octanol–water partition coefficient (Wildman–Crippen LogP) is 11.3. The lowest BCUT2D eigenvalue weighted by Crippen LogP contribution is -2.60. The number of benzene rings is 3. The number of imide groups is 2. The molecule has 0 saturated carbocycles. The van der Waals surface area contributed by atoms with Crippen LogP contribution in [0.2, 0.25) is 0 Å². The molecule has 5 unspecified atom stereocenters. The molecule has 3 fully saturated rings. The van der Waals surface area contributed by atoms with Crippen LogP contribution < -0.4 is 47.4 Å². The van der Waals surface area contributed by atoms with Crippen molar-refractivity contribution in [3.05, 3.63) is 89.0 Å². The lowest BCUT2D eigenvalue weighted by Gasteiger charge is -2.41. The van der Waals surface area contributed by atoms with Gasteiger partial charge in [-0.25, -0.2) is 19.4 Å². The number of likely N-dealkylation sites (tertiary alicyclic amines) is 1. The molecule has 4 aliphatic heterocycles. The number of hydrogen-bond donors (Lipinski definition) is 8. The highest BCUT2D eigenvalue weighted by Crippen LogP contribution is 2.55. The van der Waals surface area contributed by atoms with Crippen molar-refractivity contribution in [3.63, 3.8) is 0 Å². The van der Waals surface area contributed by atoms with Crippen LogP contribution in [0.4, 0.5) is 26.7 Å². The first-order valence-corrected chi connectivity index (χ1v) is 44.6. The molecule has 0 radical (unpaired) electrons. The molecule has 658 valence electrons. The van der Waals surface area contributed by atoms with E-state index in [1.165, 1.54) is 45.0 Å². The zero-order valence-corrected chi connectivity index (χ0v) is 77.0. The molecule has 0 aliphatic carbocycles. The Morgan fingerprint density at radius 1 is 0.664 bits per heavy atom. The van der Waals surface area contributed by atoms with Crippen LogP contribution in [0.1, 0.15) is 239 Å². The Labute approximate surface area is 729 Å². The minimum Gasteiger partial charge on any atom is -0.445 e. The molecule has 4 bridgehead atoms. The molecule has 3 aromatic rings. The number of fused-ring (bicyclic) bond motifs is 7. The zero-order chi connectivity index (χ0) is 88.4. The first-order valence-electron chi connectivity index (χ1n) is 42.4. The van der Waals surface area contributed by atoms with Crippen LogP contribution in [0.15, 0.2) is 66.7 Å². The summed E-state index contributed by atoms with van der Waals surface area (Å²) in [5, 5.41) is 28.3. The standard InChI is InChI=1S/C88H130I2N12O17/c1-19-24-28-56(22-4)57-29-25-30-58(42-57)75(106)54(14)93-77(107)53(13)76(118-18)65-32-27-41-100(65)68(103)46-67(117-17)74(52(12)21-3)98(15)84(114)72(50(8)9)97-81(111)73(51(10)11)99(16)86(116)119-47-55-33-36-60(37-34-55)94-79(109)63(31-26-40-92-85(91)115)95-80(110)71(49(6)7)96-78(108)59-35-38-64-66(43-59)102-70(105)44-61(82(102)112)87(89,23-5)48-88(90,39-20-2)62-45-69(104)101(64)83(62)113/h25,29-30,33-38,42-43,49-54,56,61-63,65,67,71-76,106H,19-24,26-28,31-32,39-41,44-48H2,1-18H3,(H,93,107)(H,94,109)(H,95,110)(H,96,108)(H,97,111)(H3,91,92,115)/t52-,53+,54+,56?,61?,62?,63-,65-,67+,71-,72-,73-,74-,75+,76+,87?,88?/m0/s1. The molecule has 7 rings (SSSR count). The molecule has 4 heterocycles. The number of ether oxygens (including phenoxy) is 3. The number of likely N-dealkylation sites (N-methyl/N-ethyl adjacent to an activating group) is 2. The number of aliphatic hydroxyl groups is 1. The summed E-state index contributed by atoms with van der Waals surface area (Å²) in [5.74, 6) is -9.45. The fraction of sp³-hybridized carbons (Fsp3) is 0.648. The van der Waals surface area contributed by atoms with Gasteiger partial charge in [-0.05, 0) is 141 Å². The molecule has 3 saturated heterocycles. The van der Waals surface area contributed by atoms with E-state index in [1.54, 1.807) is 96.5 Å². The Hall–Kier alpha value is -7.89. The van der Waals surface area contributed by atoms with Gasteiger partial charge in [-0.15, -0.1) is 0 Å². The molecule has 119 heavy (non-hydrogen) atoms. The minimum absolute atomic E-state index is 0.0177. The maximum absolute atomic E-state index is 15.0. The highest BCUT2D eigenvalue weighted by atomic mass is 127. The summed E-state index contributed by atoms with van der Waals surface area (Å²) in [4.78, 5) is 191. The molecule has 4 aliphatic rings. The summed E-state index contributed by atoms with van der Waals surface area (Å²) in [5.41, 5.74) is 7.76. The molecule has 31 heteroatoms. The van der Waals surface area contributed by atoms with Crippen LogP contribution in [-0.4, -0.2) is 200 Å². The number of anilines is 3. The zero-order valence-electron chi connectivity index (χ0n) is 72.7. The number of halogens is 2. The second-order valence-electron chi connectivity index (χ2n) is 33.9. The van der Waals surface area contributed by atoms with Crippen LogP contribution in [0.5, 0.6) is 0 Å². The van der Waals surface area contributed by atoms with E-state index in [0.29, 0.717) is 63.0 Å². The Balaban J connectivity index is 0.976. The third-order valence-electron chi connectivity index (χ3n) is 24.6. The lowest BCUT2D eigenvalue weighted by molar-refractivity contribution is -0.148. The van der Waals surface area contributed by atoms with E-state index in [2.05, 4.69) is 97.0 Å². The molecule has 3 aromatic carbocycles. The summed E-state index contributed by atoms with van der Waals surface area (Å²) in [6.45, 7) is 26.4. The molecule has 29 nitrogen and oxygen atoms in total. The maximum Gasteiger partial charge on any atom is 0.410 e. The average Bonchev–Trinajstić information content (AvgIpc) is 1.58. The summed E-state index contributed by atoms with van der Waals surface area (Å²) >= 11 is 4.56. The first kappa shape index (κ1) is 98.2. The van der Waals surface area contributed by atoms with E-state index in [4.69, 9.17) is 19.9 Å². The van der Waals surface area contributed by atoms with E-state index < -0.39 is 168 Å². The number of aliphatic hydroxyl groups excluding tert-OH is 1. The van der Waals surface area contributed by atoms with E-state index in [1.807, 2.05) is 45.9 Å². The molecular weight excluding hydrogens is 1750 g/mol. The van der Waals surface area contributed by atoms with Gasteiger partial charge in [-0.2, -0.15) is 0 Å². The summed E-state index contributed by atoms with van der Waals surface area (Å²) in [6.07, 6.45) is 4.80. The molecular formula is C88H130I2N12O17. The fourth-order valence-corrected chi connectivity index (χ4v) is 21.1. The van der Waals surface area contributed by atoms with Gasteiger partial charge in [0.25, 0.3) is 5.91 Å². The van der Waals surface area contributed by atoms with Crippen LogP contribution in [0.25, 0.3) is 0 Å². The number of methoxy groups -OCH3 is 2. The van der Waals surface area contributed by atoms with Gasteiger partial charge in [0.1, 0.15) is 30.8 Å². The number of rotatable bonds is 41. The van der Waals surface area contributed by atoms with Gasteiger partial charge < -0.3 is 66.8 Å². The minimum atomic E-state index is -1.29. The Morgan fingerprint density at radius 3 is 1.87 bits per heavy atom. The normalized spacial score (nSPS) is 21.6. The van der Waals surface area contributed by atoms with Crippen molar-refractivity contribution >= 4 is 139 Å². The van der Waals surface area contributed by atoms with Gasteiger partial charge in [0, 0.05) is 72.3 Å². The number of alkyl halides is 2. The third-order valence-corrected chi connectivity index (χ3v) is 28.2. The molecule has 14 amide bonds. The number of nitrogens with one attached hydrogen (secondary N) is 6. The van der Waals surface area contributed by atoms with Crippen LogP contribution >= 0.6 is 45.2 Å². The number of amides is 14. The quantitative estimate of drug-likeness (QED) is 0.0113. The van der Waals surface area contributed by atoms with Crippen molar-refractivity contribution in [3.8, 4) is 0 Å². The monoisotopic (exact) mass is 1880 g/mol. The van der Waals surface area contributed by atoms with Crippen molar-refractivity contribution in [1.82, 2.24) is 41.3 Å². The maximum atomic E-state index is 15.0. The SMILES string of the molecule is CCCCC(CC)c1cccc([C@H](O)[C@@H](C)NC(=O)[C@H](C)[C@@H](OC)[C@@H]2CCCN2C(=O)C[C@@H](OC)[C@H]([C@@H](C)CC)N(C)C(=O)[C@@H](NC(=O)[C@H](C(C)C)N(C)C(=O)OCc2ccc(NC(=O)[C@H](CCCNC(N)=O)NC(=O)[C@@H](NC(=O)c3ccc4c(c3)N3C(=O)CC(C3=O)C(I)(CC)CC(I)(CCC)C3CC(=O)N4C3=O)C(C)C)cc2)C(C)C)c1. The number of carbonyl (C=O) groups is 13. The molecule has 0 aromatic heterocycles. The van der Waals surface area contributed by atoms with E-state index in [0.717, 1.165) is 45.9 Å². The lowest BCUT2D eigenvalue weighted by atomic mass is 9.75. The second kappa shape index (κ2) is 44.3. The van der Waals surface area contributed by atoms with Crippen molar-refractivity contribution in [2.45, 2.75) is 280 Å². The van der Waals surface area contributed by atoms with E-state index >= 15 is 4.79 Å². The van der Waals surface area contributed by atoms with Crippen molar-refractivity contribution in [2.24, 2.45) is 47.2 Å². The van der Waals surface area contributed by atoms with E-state index in [-0.39, 0.29) is 85.6 Å². The number of nitrogens with zero attached hydrogens (tertiary/aromatic N) is 5. The predicted molar refractivity (Wildman–Crippen MR) is 472 cm³/mol. The number of urea groups is 1. The van der Waals surface area contributed by atoms with Gasteiger partial charge in [0.2, 0.25) is 59.1 Å². The number of primary amides is 1. The van der Waals surface area contributed by atoms with Gasteiger partial charge in [0.05, 0.1) is 72.0 Å². The first-order chi connectivity index (χ1) is 56.2. The molecule has 9 N–H and O–H groups in total. The van der Waals surface area contributed by atoms with Crippen molar-refractivity contribution in [2.75, 3.05) is 56.5 Å². The highest BCUT2D eigenvalue weighted by molar-refractivity contribution is 14.1. The topological polar surface area (TPSA) is 384 Å². The van der Waals surface area contributed by atoms with Gasteiger partial charge >= 0.3 is 12.1 Å². The van der Waals surface area contributed by atoms with Gasteiger partial charge in [-0.3, -0.25) is 57.6 Å². The number of hydrogen-bond acceptors (Lipinski definition) is 17. The average molecular weight is 1880 g/mol. The Morgan fingerprint density at radius 2 is 1.29 bits per heavy atom. The molecule has 17 atom stereocenters. The van der Waals surface area contributed by atoms with Crippen LogP contribution in [0, 0.1) is 41.4 Å². The second-order valence-corrected chi connectivity index (χ2v) is 38.2. The largest absolute Gasteiger partial charge is 0.445 e. The van der Waals surface area contributed by atoms with Crippen molar-refractivity contribution in [1.29, 1.82) is 0 Å². The summed E-state index contributed by atoms with van der Waals surface area (Å²) in [7, 11) is 6.09. The fourth-order valence-electron chi connectivity index (χ4n) is 17.5. The number of nitrogens with two attached hydrogens (primary N) is 1. The van der Waals surface area contributed by atoms with E-state index in [9.17, 15) is 62.6 Å². The van der Waals surface area contributed by atoms with Crippen molar-refractivity contribution < 1.29 is 81.6 Å². The van der Waals surface area contributed by atoms with Crippen LogP contribution in [-0.2, 0) is 68.8 Å². The smallest absolute Gasteiger partial charge is 0.410 e. The number of carbonyl (C=O) groups excluding carboxylic acids is 13. The number of unbranched alkanes of at least 4 members (excludes halogenated alkanes) is 1. The van der Waals surface area contributed by atoms with Gasteiger partial charge in [0.15, 0.2) is 0 Å². The molecule has 0 spiro atoms. The Bertz CT molecular complexity index is 4090.